The van der Waals surface area contributed by atoms with Crippen molar-refractivity contribution in [1.82, 2.24) is 20.6 Å². The van der Waals surface area contributed by atoms with Crippen LogP contribution in [0.15, 0.2) is 32.9 Å². The average Bonchev–Trinajstić information content (AvgIpc) is 2.63. The molecule has 0 radical (unpaired) electrons. The SMILES string of the molecule is COc1cccc(/C=N\NC(=O)CCNc2n[nH]c(=O)[nH]c2=O)c1OC. The molecule has 11 heteroatoms. The average molecular weight is 362 g/mol. The van der Waals surface area contributed by atoms with Crippen molar-refractivity contribution in [3.8, 4) is 11.5 Å². The van der Waals surface area contributed by atoms with Crippen LogP contribution in [0.25, 0.3) is 0 Å². The lowest BCUT2D eigenvalue weighted by molar-refractivity contribution is -0.120. The van der Waals surface area contributed by atoms with Crippen molar-refractivity contribution in [3.63, 3.8) is 0 Å². The largest absolute Gasteiger partial charge is 0.493 e. The van der Waals surface area contributed by atoms with Crippen LogP contribution in [0.1, 0.15) is 12.0 Å². The Morgan fingerprint density at radius 3 is 2.81 bits per heavy atom. The van der Waals surface area contributed by atoms with Crippen molar-refractivity contribution in [3.05, 3.63) is 44.6 Å². The molecule has 0 atom stereocenters. The van der Waals surface area contributed by atoms with Crippen LogP contribution in [0.3, 0.4) is 0 Å². The number of benzene rings is 1. The van der Waals surface area contributed by atoms with Crippen LogP contribution in [0.5, 0.6) is 11.5 Å². The summed E-state index contributed by atoms with van der Waals surface area (Å²) in [4.78, 5) is 36.0. The van der Waals surface area contributed by atoms with Crippen molar-refractivity contribution >= 4 is 17.9 Å². The van der Waals surface area contributed by atoms with Crippen molar-refractivity contribution in [2.24, 2.45) is 5.10 Å². The van der Waals surface area contributed by atoms with Crippen LogP contribution >= 0.6 is 0 Å². The molecule has 0 aliphatic carbocycles. The molecule has 1 heterocycles. The third-order valence-corrected chi connectivity index (χ3v) is 3.18. The van der Waals surface area contributed by atoms with Crippen molar-refractivity contribution in [1.29, 1.82) is 0 Å². The molecule has 1 aromatic carbocycles. The number of amides is 1. The van der Waals surface area contributed by atoms with E-state index in [1.807, 2.05) is 4.98 Å². The van der Waals surface area contributed by atoms with E-state index >= 15 is 0 Å². The molecule has 138 valence electrons. The first-order valence-corrected chi connectivity index (χ1v) is 7.51. The predicted molar refractivity (Wildman–Crippen MR) is 93.9 cm³/mol. The van der Waals surface area contributed by atoms with E-state index < -0.39 is 11.2 Å². The number of aromatic amines is 2. The molecular formula is C15H18N6O5. The second kappa shape index (κ2) is 9.01. The molecule has 0 unspecified atom stereocenters. The van der Waals surface area contributed by atoms with Crippen LogP contribution in [-0.2, 0) is 4.79 Å². The number of carbonyl (C=O) groups excluding carboxylic acids is 1. The van der Waals surface area contributed by atoms with Crippen molar-refractivity contribution in [2.45, 2.75) is 6.42 Å². The highest BCUT2D eigenvalue weighted by Crippen LogP contribution is 2.29. The van der Waals surface area contributed by atoms with E-state index in [0.29, 0.717) is 17.1 Å². The zero-order valence-corrected chi connectivity index (χ0v) is 14.2. The first kappa shape index (κ1) is 18.7. The number of hydrazone groups is 1. The Morgan fingerprint density at radius 2 is 2.12 bits per heavy atom. The fourth-order valence-electron chi connectivity index (χ4n) is 2.01. The summed E-state index contributed by atoms with van der Waals surface area (Å²) in [5, 5.41) is 12.1. The van der Waals surface area contributed by atoms with Gasteiger partial charge in [-0.3, -0.25) is 14.6 Å². The fourth-order valence-corrected chi connectivity index (χ4v) is 2.01. The van der Waals surface area contributed by atoms with E-state index in [0.717, 1.165) is 0 Å². The molecule has 0 bridgehead atoms. The first-order valence-electron chi connectivity index (χ1n) is 7.51. The molecule has 0 fully saturated rings. The second-order valence-electron chi connectivity index (χ2n) is 4.91. The molecule has 4 N–H and O–H groups in total. The summed E-state index contributed by atoms with van der Waals surface area (Å²) in [7, 11) is 3.03. The van der Waals surface area contributed by atoms with Gasteiger partial charge in [0.1, 0.15) is 0 Å². The maximum atomic E-state index is 11.8. The fraction of sp³-hybridized carbons (Fsp3) is 0.267. The van der Waals surface area contributed by atoms with Gasteiger partial charge in [-0.05, 0) is 12.1 Å². The minimum Gasteiger partial charge on any atom is -0.493 e. The third kappa shape index (κ3) is 4.93. The number of anilines is 1. The molecule has 2 aromatic rings. The zero-order chi connectivity index (χ0) is 18.9. The maximum Gasteiger partial charge on any atom is 0.342 e. The molecule has 0 spiro atoms. The number of rotatable bonds is 8. The molecule has 26 heavy (non-hydrogen) atoms. The highest BCUT2D eigenvalue weighted by Gasteiger charge is 2.08. The topological polar surface area (TPSA) is 151 Å². The number of nitrogens with one attached hydrogen (secondary N) is 4. The molecule has 1 amide bonds. The van der Waals surface area contributed by atoms with Gasteiger partial charge in [0.15, 0.2) is 11.5 Å². The highest BCUT2D eigenvalue weighted by atomic mass is 16.5. The van der Waals surface area contributed by atoms with Gasteiger partial charge in [0.05, 0.1) is 20.4 Å². The molecule has 0 saturated heterocycles. The molecule has 0 aliphatic heterocycles. The Bertz CT molecular complexity index is 904. The van der Waals surface area contributed by atoms with Gasteiger partial charge in [-0.2, -0.15) is 5.10 Å². The zero-order valence-electron chi connectivity index (χ0n) is 14.2. The minimum absolute atomic E-state index is 0.0346. The number of hydrogen-bond donors (Lipinski definition) is 4. The molecule has 0 saturated carbocycles. The first-order chi connectivity index (χ1) is 12.5. The molecule has 0 aliphatic rings. The van der Waals surface area contributed by atoms with Crippen molar-refractivity contribution < 1.29 is 14.3 Å². The third-order valence-electron chi connectivity index (χ3n) is 3.18. The summed E-state index contributed by atoms with van der Waals surface area (Å²) in [5.41, 5.74) is 1.62. The monoisotopic (exact) mass is 362 g/mol. The molecular weight excluding hydrogens is 344 g/mol. The van der Waals surface area contributed by atoms with Crippen LogP contribution < -0.4 is 31.5 Å². The normalized spacial score (nSPS) is 10.5. The minimum atomic E-state index is -0.708. The Balaban J connectivity index is 1.86. The highest BCUT2D eigenvalue weighted by molar-refractivity contribution is 5.86. The number of hydrogen-bond acceptors (Lipinski definition) is 8. The van der Waals surface area contributed by atoms with Gasteiger partial charge >= 0.3 is 5.69 Å². The lowest BCUT2D eigenvalue weighted by Crippen LogP contribution is -2.28. The standard InChI is InChI=1S/C15H18N6O5/c1-25-10-5-3-4-9(12(10)26-2)8-17-19-11(22)6-7-16-13-14(23)18-15(24)21-20-13/h3-5,8H,6-7H2,1-2H3,(H,16,20)(H,19,22)(H2,18,21,23,24)/b17-8-. The number of nitrogens with zero attached hydrogens (tertiary/aromatic N) is 2. The smallest absolute Gasteiger partial charge is 0.342 e. The summed E-state index contributed by atoms with van der Waals surface area (Å²) in [5.74, 6) is 0.585. The summed E-state index contributed by atoms with van der Waals surface area (Å²) in [6.07, 6.45) is 1.47. The summed E-state index contributed by atoms with van der Waals surface area (Å²) in [6, 6.07) is 5.27. The molecule has 2 rings (SSSR count). The number of carbonyl (C=O) groups is 1. The van der Waals surface area contributed by atoms with E-state index in [-0.39, 0.29) is 24.7 Å². The quantitative estimate of drug-likeness (QED) is 0.362. The van der Waals surface area contributed by atoms with Gasteiger partial charge in [0.2, 0.25) is 11.7 Å². The van der Waals surface area contributed by atoms with Crippen molar-refractivity contribution in [2.75, 3.05) is 26.1 Å². The summed E-state index contributed by atoms with van der Waals surface area (Å²) < 4.78 is 10.4. The number of methoxy groups -OCH3 is 2. The lowest BCUT2D eigenvalue weighted by atomic mass is 10.2. The van der Waals surface area contributed by atoms with Crippen LogP contribution in [0.4, 0.5) is 5.82 Å². The number of H-pyrrole nitrogens is 2. The Morgan fingerprint density at radius 1 is 1.31 bits per heavy atom. The lowest BCUT2D eigenvalue weighted by Gasteiger charge is -2.09. The van der Waals surface area contributed by atoms with E-state index in [2.05, 4.69) is 26.0 Å². The van der Waals surface area contributed by atoms with Gasteiger partial charge in [-0.15, -0.1) is 5.10 Å². The number of ether oxygens (including phenoxy) is 2. The van der Waals surface area contributed by atoms with Crippen LogP contribution in [-0.4, -0.2) is 48.1 Å². The van der Waals surface area contributed by atoms with E-state index in [1.54, 1.807) is 18.2 Å². The summed E-state index contributed by atoms with van der Waals surface area (Å²) in [6.45, 7) is 0.131. The van der Waals surface area contributed by atoms with Crippen LogP contribution in [0.2, 0.25) is 0 Å². The van der Waals surface area contributed by atoms with Gasteiger partial charge in [-0.1, -0.05) is 6.07 Å². The van der Waals surface area contributed by atoms with Crippen LogP contribution in [0, 0.1) is 0 Å². The number of aromatic nitrogens is 3. The van der Waals surface area contributed by atoms with Gasteiger partial charge in [-0.25, -0.2) is 15.3 Å². The molecule has 1 aromatic heterocycles. The maximum absolute atomic E-state index is 11.8. The Kier molecular flexibility index (Phi) is 6.48. The number of para-hydroxylation sites is 1. The van der Waals surface area contributed by atoms with Gasteiger partial charge in [0.25, 0.3) is 5.56 Å². The second-order valence-corrected chi connectivity index (χ2v) is 4.91. The summed E-state index contributed by atoms with van der Waals surface area (Å²) >= 11 is 0. The van der Waals surface area contributed by atoms with E-state index in [9.17, 15) is 14.4 Å². The van der Waals surface area contributed by atoms with E-state index in [1.165, 1.54) is 20.4 Å². The van der Waals surface area contributed by atoms with Gasteiger partial charge in [0, 0.05) is 18.5 Å². The Hall–Kier alpha value is -3.63. The predicted octanol–water partition coefficient (Wildman–Crippen LogP) is -0.572. The molecule has 11 nitrogen and oxygen atoms in total. The Labute approximate surface area is 147 Å². The van der Waals surface area contributed by atoms with Gasteiger partial charge < -0.3 is 14.8 Å². The van der Waals surface area contributed by atoms with E-state index in [4.69, 9.17) is 9.47 Å².